The predicted octanol–water partition coefficient (Wildman–Crippen LogP) is 3.81. The first kappa shape index (κ1) is 35.0. The molecule has 39 heavy (non-hydrogen) atoms. The SMILES string of the molecule is CCCCCCCCCCCOc1cccc(CCC(=O)NC[C@@H](O)COP(=O)(O)OC[C@H](NC)C(=O)O)c1. The Morgan fingerprint density at radius 3 is 2.28 bits per heavy atom. The Hall–Kier alpha value is -2.01. The molecule has 0 bridgehead atoms. The topological polar surface area (TPSA) is 164 Å². The molecule has 11 nitrogen and oxygen atoms in total. The number of hydrogen-bond acceptors (Lipinski definition) is 8. The number of aliphatic carboxylic acids is 1. The lowest BCUT2D eigenvalue weighted by Crippen LogP contribution is -2.38. The zero-order valence-corrected chi connectivity index (χ0v) is 24.2. The van der Waals surface area contributed by atoms with Crippen LogP contribution in [0.5, 0.6) is 5.75 Å². The fourth-order valence-electron chi connectivity index (χ4n) is 3.69. The summed E-state index contributed by atoms with van der Waals surface area (Å²) in [7, 11) is -3.20. The molecule has 0 saturated carbocycles. The van der Waals surface area contributed by atoms with Crippen LogP contribution in [0.1, 0.15) is 76.7 Å². The molecule has 1 aromatic rings. The van der Waals surface area contributed by atoms with Gasteiger partial charge in [0.1, 0.15) is 11.8 Å². The van der Waals surface area contributed by atoms with Crippen LogP contribution in [-0.4, -0.2) is 72.5 Å². The third kappa shape index (κ3) is 18.1. The van der Waals surface area contributed by atoms with Gasteiger partial charge in [-0.2, -0.15) is 0 Å². The molecule has 1 amide bonds. The summed E-state index contributed by atoms with van der Waals surface area (Å²) in [6.45, 7) is 1.53. The second-order valence-corrected chi connectivity index (χ2v) is 11.0. The van der Waals surface area contributed by atoms with Gasteiger partial charge in [0.15, 0.2) is 0 Å². The smallest absolute Gasteiger partial charge is 0.472 e. The molecule has 224 valence electrons. The van der Waals surface area contributed by atoms with E-state index in [0.29, 0.717) is 13.0 Å². The van der Waals surface area contributed by atoms with E-state index in [2.05, 4.69) is 26.6 Å². The van der Waals surface area contributed by atoms with E-state index < -0.39 is 39.2 Å². The molecule has 0 saturated heterocycles. The van der Waals surface area contributed by atoms with Crippen LogP contribution in [0.4, 0.5) is 0 Å². The van der Waals surface area contributed by atoms with Crippen molar-refractivity contribution in [2.24, 2.45) is 0 Å². The summed E-state index contributed by atoms with van der Waals surface area (Å²) in [6.07, 6.45) is 10.7. The predicted molar refractivity (Wildman–Crippen MR) is 149 cm³/mol. The fraction of sp³-hybridized carbons (Fsp3) is 0.704. The van der Waals surface area contributed by atoms with Crippen LogP contribution in [0.2, 0.25) is 0 Å². The average Bonchev–Trinajstić information content (AvgIpc) is 2.91. The van der Waals surface area contributed by atoms with Crippen molar-refractivity contribution in [1.29, 1.82) is 0 Å². The number of aryl methyl sites for hydroxylation is 1. The number of phosphoric ester groups is 1. The number of rotatable bonds is 24. The Morgan fingerprint density at radius 1 is 1.00 bits per heavy atom. The minimum atomic E-state index is -4.57. The van der Waals surface area contributed by atoms with E-state index in [0.717, 1.165) is 24.2 Å². The average molecular weight is 575 g/mol. The monoisotopic (exact) mass is 574 g/mol. The molecule has 1 rings (SSSR count). The number of unbranched alkanes of at least 4 members (excludes halogenated alkanes) is 8. The van der Waals surface area contributed by atoms with Crippen molar-refractivity contribution in [1.82, 2.24) is 10.6 Å². The minimum Gasteiger partial charge on any atom is -0.494 e. The molecule has 1 unspecified atom stereocenters. The number of carboxylic acid groups (broad SMARTS) is 1. The summed E-state index contributed by atoms with van der Waals surface area (Å²) in [5.41, 5.74) is 0.957. The van der Waals surface area contributed by atoms with Gasteiger partial charge < -0.3 is 30.5 Å². The van der Waals surface area contributed by atoms with Crippen molar-refractivity contribution in [3.8, 4) is 5.75 Å². The van der Waals surface area contributed by atoms with Gasteiger partial charge in [0.2, 0.25) is 5.91 Å². The largest absolute Gasteiger partial charge is 0.494 e. The zero-order chi connectivity index (χ0) is 28.9. The highest BCUT2D eigenvalue weighted by atomic mass is 31.2. The van der Waals surface area contributed by atoms with Crippen LogP contribution in [0, 0.1) is 0 Å². The lowest BCUT2D eigenvalue weighted by Gasteiger charge is -2.17. The van der Waals surface area contributed by atoms with Gasteiger partial charge in [-0.1, -0.05) is 70.4 Å². The highest BCUT2D eigenvalue weighted by Gasteiger charge is 2.26. The first-order chi connectivity index (χ1) is 18.7. The molecule has 0 fully saturated rings. The Bertz CT molecular complexity index is 871. The number of aliphatic hydroxyl groups is 1. The molecule has 0 aliphatic heterocycles. The van der Waals surface area contributed by atoms with E-state index in [9.17, 15) is 24.2 Å². The number of carbonyl (C=O) groups is 2. The van der Waals surface area contributed by atoms with Crippen molar-refractivity contribution >= 4 is 19.7 Å². The molecule has 0 aliphatic carbocycles. The van der Waals surface area contributed by atoms with Gasteiger partial charge in [0.05, 0.1) is 25.9 Å². The molecule has 3 atom stereocenters. The van der Waals surface area contributed by atoms with Gasteiger partial charge >= 0.3 is 13.8 Å². The van der Waals surface area contributed by atoms with E-state index in [1.807, 2.05) is 24.3 Å². The standard InChI is InChI=1S/C27H47N2O9P/c1-3-4-5-6-7-8-9-10-11-17-36-24-14-12-13-22(18-24)15-16-26(31)29-19-23(30)20-37-39(34,35)38-21-25(28-2)27(32)33/h12-14,18,23,25,28,30H,3-11,15-17,19-21H2,1-2H3,(H,29,31)(H,32,33)(H,34,35)/t23-,25+/m1/s1. The number of amides is 1. The van der Waals surface area contributed by atoms with Gasteiger partial charge in [-0.05, 0) is 37.6 Å². The number of aliphatic hydroxyl groups excluding tert-OH is 1. The lowest BCUT2D eigenvalue weighted by atomic mass is 10.1. The summed E-state index contributed by atoms with van der Waals surface area (Å²) in [5, 5.41) is 23.8. The third-order valence-electron chi connectivity index (χ3n) is 6.07. The number of hydrogen-bond donors (Lipinski definition) is 5. The summed E-state index contributed by atoms with van der Waals surface area (Å²) in [5.74, 6) is -0.773. The summed E-state index contributed by atoms with van der Waals surface area (Å²) in [4.78, 5) is 32.7. The second kappa shape index (κ2) is 20.8. The van der Waals surface area contributed by atoms with Gasteiger partial charge in [-0.3, -0.25) is 18.6 Å². The highest BCUT2D eigenvalue weighted by Crippen LogP contribution is 2.43. The molecule has 5 N–H and O–H groups in total. The maximum atomic E-state index is 12.2. The van der Waals surface area contributed by atoms with Crippen molar-refractivity contribution in [3.05, 3.63) is 29.8 Å². The van der Waals surface area contributed by atoms with Crippen molar-refractivity contribution < 1.29 is 43.0 Å². The molecule has 0 aliphatic rings. The van der Waals surface area contributed by atoms with Gasteiger partial charge in [-0.15, -0.1) is 0 Å². The molecule has 0 aromatic heterocycles. The van der Waals surface area contributed by atoms with E-state index >= 15 is 0 Å². The van der Waals surface area contributed by atoms with Crippen molar-refractivity contribution in [2.75, 3.05) is 33.4 Å². The number of nitrogens with one attached hydrogen (secondary N) is 2. The Labute approximate surface area is 232 Å². The van der Waals surface area contributed by atoms with E-state index in [-0.39, 0.29) is 18.9 Å². The van der Waals surface area contributed by atoms with E-state index in [4.69, 9.17) is 9.84 Å². The van der Waals surface area contributed by atoms with Crippen LogP contribution in [0.25, 0.3) is 0 Å². The van der Waals surface area contributed by atoms with Gasteiger partial charge in [0, 0.05) is 13.0 Å². The highest BCUT2D eigenvalue weighted by molar-refractivity contribution is 7.47. The minimum absolute atomic E-state index is 0.186. The number of carboxylic acids is 1. The second-order valence-electron chi connectivity index (χ2n) is 9.52. The first-order valence-corrected chi connectivity index (χ1v) is 15.3. The van der Waals surface area contributed by atoms with E-state index in [1.54, 1.807) is 0 Å². The third-order valence-corrected chi connectivity index (χ3v) is 7.02. The number of phosphoric acid groups is 1. The zero-order valence-electron chi connectivity index (χ0n) is 23.3. The first-order valence-electron chi connectivity index (χ1n) is 13.8. The van der Waals surface area contributed by atoms with Crippen LogP contribution < -0.4 is 15.4 Å². The Kier molecular flexibility index (Phi) is 18.7. The molecule has 1 aromatic carbocycles. The number of benzene rings is 1. The quantitative estimate of drug-likeness (QED) is 0.0906. The molecule has 0 heterocycles. The Balaban J connectivity index is 2.21. The van der Waals surface area contributed by atoms with Crippen molar-refractivity contribution in [2.45, 2.75) is 89.7 Å². The van der Waals surface area contributed by atoms with Crippen LogP contribution in [0.3, 0.4) is 0 Å². The van der Waals surface area contributed by atoms with E-state index in [1.165, 1.54) is 52.0 Å². The lowest BCUT2D eigenvalue weighted by molar-refractivity contribution is -0.140. The van der Waals surface area contributed by atoms with Gasteiger partial charge in [-0.25, -0.2) is 4.57 Å². The van der Waals surface area contributed by atoms with Crippen LogP contribution >= 0.6 is 7.82 Å². The maximum Gasteiger partial charge on any atom is 0.472 e. The summed E-state index contributed by atoms with van der Waals surface area (Å²) < 4.78 is 27.0. The normalized spacial score (nSPS) is 14.4. The van der Waals surface area contributed by atoms with Gasteiger partial charge in [0.25, 0.3) is 0 Å². The fourth-order valence-corrected chi connectivity index (χ4v) is 4.47. The maximum absolute atomic E-state index is 12.2. The van der Waals surface area contributed by atoms with Crippen LogP contribution in [0.15, 0.2) is 24.3 Å². The van der Waals surface area contributed by atoms with Crippen LogP contribution in [-0.2, 0) is 29.6 Å². The van der Waals surface area contributed by atoms with Crippen molar-refractivity contribution in [3.63, 3.8) is 0 Å². The molecule has 12 heteroatoms. The Morgan fingerprint density at radius 2 is 1.64 bits per heavy atom. The molecular weight excluding hydrogens is 527 g/mol. The number of likely N-dealkylation sites (N-methyl/N-ethyl adjacent to an activating group) is 1. The molecule has 0 spiro atoms. The molecule has 0 radical (unpaired) electrons. The number of carbonyl (C=O) groups excluding carboxylic acids is 1. The summed E-state index contributed by atoms with van der Waals surface area (Å²) >= 11 is 0. The number of ether oxygens (including phenoxy) is 1. The summed E-state index contributed by atoms with van der Waals surface area (Å²) in [6, 6.07) is 6.45. The molecular formula is C27H47N2O9P.